The van der Waals surface area contributed by atoms with Gasteiger partial charge in [0.05, 0.1) is 17.1 Å². The Kier molecular flexibility index (Phi) is 7.87. The Morgan fingerprint density at radius 2 is 1.86 bits per heavy atom. The number of rotatable bonds is 8. The van der Waals surface area contributed by atoms with Crippen LogP contribution in [0, 0.1) is 5.82 Å². The molecule has 5 rings (SSSR count). The number of halogens is 1. The third-order valence-electron chi connectivity index (χ3n) is 7.21. The smallest absolute Gasteiger partial charge is 0.265 e. The molecule has 0 spiro atoms. The molecule has 1 unspecified atom stereocenters. The van der Waals surface area contributed by atoms with Crippen molar-refractivity contribution in [2.24, 2.45) is 0 Å². The second-order valence-electron chi connectivity index (χ2n) is 9.61. The highest BCUT2D eigenvalue weighted by atomic mass is 32.2. The zero-order valence-corrected chi connectivity index (χ0v) is 21.8. The summed E-state index contributed by atoms with van der Waals surface area (Å²) >= 11 is 1.43. The normalized spacial score (nSPS) is 18.9. The molecule has 6 heteroatoms. The quantitative estimate of drug-likeness (QED) is 0.241. The standard InChI is InChI=1S/C31H31FN2O2S/c1-2-33-18-6-9-26(33)15-16-28(35)24-12-17-29-27(20-24)34(21-23-10-13-25(32)14-11-23)31(36)30(37-29)19-22-7-4-3-5-8-22/h3-5,7-8,10-14,17,19-20,26H,2,6,9,15-16,18,21H2,1H3/b30-19-. The van der Waals surface area contributed by atoms with Gasteiger partial charge >= 0.3 is 0 Å². The molecule has 0 aliphatic carbocycles. The van der Waals surface area contributed by atoms with Crippen LogP contribution >= 0.6 is 11.8 Å². The molecule has 1 saturated heterocycles. The van der Waals surface area contributed by atoms with Gasteiger partial charge in [-0.25, -0.2) is 4.39 Å². The Labute approximate surface area is 222 Å². The minimum atomic E-state index is -0.314. The van der Waals surface area contributed by atoms with Gasteiger partial charge < -0.3 is 9.80 Å². The molecule has 0 saturated carbocycles. The predicted octanol–water partition coefficient (Wildman–Crippen LogP) is 6.95. The number of hydrogen-bond donors (Lipinski definition) is 0. The molecule has 37 heavy (non-hydrogen) atoms. The van der Waals surface area contributed by atoms with E-state index in [4.69, 9.17) is 0 Å². The van der Waals surface area contributed by atoms with Crippen LogP contribution in [-0.4, -0.2) is 35.7 Å². The largest absolute Gasteiger partial charge is 0.302 e. The summed E-state index contributed by atoms with van der Waals surface area (Å²) in [7, 11) is 0. The average molecular weight is 515 g/mol. The van der Waals surface area contributed by atoms with E-state index in [1.54, 1.807) is 17.0 Å². The maximum Gasteiger partial charge on any atom is 0.265 e. The summed E-state index contributed by atoms with van der Waals surface area (Å²) in [4.78, 5) is 32.6. The first-order valence-corrected chi connectivity index (χ1v) is 13.8. The number of benzene rings is 3. The molecule has 0 bridgehead atoms. The minimum absolute atomic E-state index is 0.107. The van der Waals surface area contributed by atoms with Crippen LogP contribution in [0.3, 0.4) is 0 Å². The molecule has 0 radical (unpaired) electrons. The van der Waals surface area contributed by atoms with Crippen LogP contribution in [0.1, 0.15) is 54.1 Å². The molecule has 2 aliphatic heterocycles. The van der Waals surface area contributed by atoms with Gasteiger partial charge in [0, 0.05) is 22.9 Å². The van der Waals surface area contributed by atoms with Gasteiger partial charge in [-0.3, -0.25) is 9.59 Å². The molecule has 1 amide bonds. The molecular formula is C31H31FN2O2S. The zero-order valence-electron chi connectivity index (χ0n) is 21.0. The fourth-order valence-electron chi connectivity index (χ4n) is 5.19. The summed E-state index contributed by atoms with van der Waals surface area (Å²) in [5, 5.41) is 0. The summed E-state index contributed by atoms with van der Waals surface area (Å²) in [5.41, 5.74) is 3.13. The van der Waals surface area contributed by atoms with Gasteiger partial charge in [0.15, 0.2) is 5.78 Å². The number of ketones is 1. The first kappa shape index (κ1) is 25.4. The first-order valence-electron chi connectivity index (χ1n) is 12.9. The van der Waals surface area contributed by atoms with Crippen molar-refractivity contribution in [2.45, 2.75) is 50.1 Å². The maximum absolute atomic E-state index is 13.7. The molecule has 3 aromatic carbocycles. The number of Topliss-reactive ketones (excluding diaryl/α,β-unsaturated/α-hetero) is 1. The highest BCUT2D eigenvalue weighted by Crippen LogP contribution is 2.43. The van der Waals surface area contributed by atoms with Crippen LogP contribution in [0.15, 0.2) is 82.6 Å². The summed E-state index contributed by atoms with van der Waals surface area (Å²) in [6, 6.07) is 22.1. The van der Waals surface area contributed by atoms with Crippen molar-refractivity contribution >= 4 is 35.2 Å². The maximum atomic E-state index is 13.7. The van der Waals surface area contributed by atoms with Gasteiger partial charge in [0.25, 0.3) is 5.91 Å². The van der Waals surface area contributed by atoms with E-state index < -0.39 is 0 Å². The van der Waals surface area contributed by atoms with Crippen molar-refractivity contribution in [3.8, 4) is 0 Å². The van der Waals surface area contributed by atoms with Crippen LogP contribution in [0.5, 0.6) is 0 Å². The molecule has 0 aromatic heterocycles. The van der Waals surface area contributed by atoms with Crippen molar-refractivity contribution in [2.75, 3.05) is 18.0 Å². The Morgan fingerprint density at radius 1 is 1.08 bits per heavy atom. The summed E-state index contributed by atoms with van der Waals surface area (Å²) in [5.74, 6) is -0.332. The molecule has 2 heterocycles. The Balaban J connectivity index is 1.43. The molecular weight excluding hydrogens is 483 g/mol. The van der Waals surface area contributed by atoms with E-state index in [2.05, 4.69) is 11.8 Å². The van der Waals surface area contributed by atoms with E-state index in [0.29, 0.717) is 29.5 Å². The highest BCUT2D eigenvalue weighted by Gasteiger charge is 2.30. The van der Waals surface area contributed by atoms with E-state index >= 15 is 0 Å². The van der Waals surface area contributed by atoms with Crippen LogP contribution in [-0.2, 0) is 11.3 Å². The van der Waals surface area contributed by atoms with E-state index in [-0.39, 0.29) is 17.5 Å². The van der Waals surface area contributed by atoms with Crippen LogP contribution in [0.25, 0.3) is 6.08 Å². The first-order chi connectivity index (χ1) is 18.0. The van der Waals surface area contributed by atoms with Crippen LogP contribution < -0.4 is 4.90 Å². The van der Waals surface area contributed by atoms with Crippen molar-refractivity contribution in [1.29, 1.82) is 0 Å². The van der Waals surface area contributed by atoms with Crippen LogP contribution in [0.4, 0.5) is 10.1 Å². The second-order valence-corrected chi connectivity index (χ2v) is 10.7. The van der Waals surface area contributed by atoms with Gasteiger partial charge in [-0.15, -0.1) is 0 Å². The third kappa shape index (κ3) is 5.86. The molecule has 4 nitrogen and oxygen atoms in total. The van der Waals surface area contributed by atoms with E-state index in [1.165, 1.54) is 30.3 Å². The lowest BCUT2D eigenvalue weighted by atomic mass is 10.0. The lowest BCUT2D eigenvalue weighted by Crippen LogP contribution is -2.34. The number of carbonyl (C=O) groups excluding carboxylic acids is 2. The predicted molar refractivity (Wildman–Crippen MR) is 148 cm³/mol. The number of anilines is 1. The van der Waals surface area contributed by atoms with E-state index in [1.807, 2.05) is 54.6 Å². The molecule has 190 valence electrons. The summed E-state index contributed by atoms with van der Waals surface area (Å²) < 4.78 is 13.5. The van der Waals surface area contributed by atoms with E-state index in [0.717, 1.165) is 47.6 Å². The SMILES string of the molecule is CCN1CCCC1CCC(=O)c1ccc2c(c1)N(Cc1ccc(F)cc1)C(=O)/C(=C/c1ccccc1)S2. The zero-order chi connectivity index (χ0) is 25.8. The lowest BCUT2D eigenvalue weighted by Gasteiger charge is -2.31. The molecule has 1 atom stereocenters. The Bertz CT molecular complexity index is 1310. The fourth-order valence-corrected chi connectivity index (χ4v) is 6.23. The monoisotopic (exact) mass is 514 g/mol. The van der Waals surface area contributed by atoms with Gasteiger partial charge in [0.1, 0.15) is 5.82 Å². The second kappa shape index (κ2) is 11.4. The molecule has 0 N–H and O–H groups in total. The molecule has 2 aliphatic rings. The number of amides is 1. The van der Waals surface area contributed by atoms with E-state index in [9.17, 15) is 14.0 Å². The lowest BCUT2D eigenvalue weighted by molar-refractivity contribution is -0.114. The van der Waals surface area contributed by atoms with Gasteiger partial charge in [-0.2, -0.15) is 0 Å². The fraction of sp³-hybridized carbons (Fsp3) is 0.290. The van der Waals surface area contributed by atoms with Crippen molar-refractivity contribution < 1.29 is 14.0 Å². The number of likely N-dealkylation sites (tertiary alicyclic amines) is 1. The topological polar surface area (TPSA) is 40.6 Å². The van der Waals surface area contributed by atoms with Gasteiger partial charge in [0.2, 0.25) is 0 Å². The molecule has 1 fully saturated rings. The summed E-state index contributed by atoms with van der Waals surface area (Å²) in [6.07, 6.45) is 5.60. The third-order valence-corrected chi connectivity index (χ3v) is 8.29. The summed E-state index contributed by atoms with van der Waals surface area (Å²) in [6.45, 7) is 4.61. The number of hydrogen-bond acceptors (Lipinski definition) is 4. The van der Waals surface area contributed by atoms with Crippen molar-refractivity contribution in [3.05, 3.63) is 100 Å². The van der Waals surface area contributed by atoms with Crippen molar-refractivity contribution in [3.63, 3.8) is 0 Å². The number of carbonyl (C=O) groups is 2. The van der Waals surface area contributed by atoms with Crippen molar-refractivity contribution in [1.82, 2.24) is 4.90 Å². The number of thioether (sulfide) groups is 1. The Hall–Kier alpha value is -3.22. The number of fused-ring (bicyclic) bond motifs is 1. The average Bonchev–Trinajstić information content (AvgIpc) is 3.39. The Morgan fingerprint density at radius 3 is 2.62 bits per heavy atom. The number of nitrogens with zero attached hydrogens (tertiary/aromatic N) is 2. The van der Waals surface area contributed by atoms with Gasteiger partial charge in [-0.1, -0.05) is 67.2 Å². The molecule has 3 aromatic rings. The minimum Gasteiger partial charge on any atom is -0.302 e. The van der Waals surface area contributed by atoms with Gasteiger partial charge in [-0.05, 0) is 73.8 Å². The highest BCUT2D eigenvalue weighted by molar-refractivity contribution is 8.04. The van der Waals surface area contributed by atoms with Crippen LogP contribution in [0.2, 0.25) is 0 Å².